The molecule has 36 heavy (non-hydrogen) atoms. The van der Waals surface area contributed by atoms with Gasteiger partial charge in [-0.1, -0.05) is 79.5 Å². The van der Waals surface area contributed by atoms with Crippen LogP contribution in [0.25, 0.3) is 10.9 Å². The Morgan fingerprint density at radius 3 is 2.56 bits per heavy atom. The van der Waals surface area contributed by atoms with E-state index in [1.807, 2.05) is 38.2 Å². The van der Waals surface area contributed by atoms with Crippen molar-refractivity contribution in [3.05, 3.63) is 106 Å². The molecule has 0 bridgehead atoms. The van der Waals surface area contributed by atoms with Crippen LogP contribution >= 0.6 is 11.6 Å². The molecule has 0 fully saturated rings. The minimum atomic E-state index is -0.753. The highest BCUT2D eigenvalue weighted by Gasteiger charge is 2.24. The number of fused-ring (bicyclic) bond motifs is 1. The Morgan fingerprint density at radius 1 is 1.03 bits per heavy atom. The number of benzene rings is 3. The molecule has 0 aliphatic heterocycles. The summed E-state index contributed by atoms with van der Waals surface area (Å²) in [5, 5.41) is 8.50. The summed E-state index contributed by atoms with van der Waals surface area (Å²) >= 11 is 5.99. The van der Waals surface area contributed by atoms with Crippen molar-refractivity contribution in [2.45, 2.75) is 33.4 Å². The molecule has 184 valence electrons. The number of nitrogens with zero attached hydrogens (tertiary/aromatic N) is 2. The van der Waals surface area contributed by atoms with E-state index in [2.05, 4.69) is 57.7 Å². The molecule has 4 aromatic rings. The van der Waals surface area contributed by atoms with Gasteiger partial charge in [0.1, 0.15) is 6.04 Å². The number of amides is 2. The molecule has 0 spiro atoms. The SMILES string of the molecule is Cc1cccc(Cn2cc(/C=N\NC(=O)C(NC(=O)c3cccc(Cl)c3)C(C)C)c3ccccc32)c1. The molecule has 0 saturated heterocycles. The number of para-hydroxylation sites is 1. The third-order valence-electron chi connectivity index (χ3n) is 5.96. The molecule has 7 heteroatoms. The van der Waals surface area contributed by atoms with Crippen molar-refractivity contribution in [2.24, 2.45) is 11.0 Å². The molecule has 4 rings (SSSR count). The van der Waals surface area contributed by atoms with Crippen LogP contribution in [0.4, 0.5) is 0 Å². The summed E-state index contributed by atoms with van der Waals surface area (Å²) in [5.41, 5.74) is 7.39. The minimum Gasteiger partial charge on any atom is -0.342 e. The van der Waals surface area contributed by atoms with E-state index in [-0.39, 0.29) is 17.7 Å². The lowest BCUT2D eigenvalue weighted by Crippen LogP contribution is -2.48. The number of nitrogens with one attached hydrogen (secondary N) is 2. The van der Waals surface area contributed by atoms with Crippen molar-refractivity contribution in [2.75, 3.05) is 0 Å². The molecule has 0 aliphatic carbocycles. The van der Waals surface area contributed by atoms with Gasteiger partial charge >= 0.3 is 0 Å². The molecule has 1 aromatic heterocycles. The van der Waals surface area contributed by atoms with Gasteiger partial charge in [-0.3, -0.25) is 9.59 Å². The largest absolute Gasteiger partial charge is 0.342 e. The number of aromatic nitrogens is 1. The maximum Gasteiger partial charge on any atom is 0.262 e. The van der Waals surface area contributed by atoms with Crippen molar-refractivity contribution < 1.29 is 9.59 Å². The average molecular weight is 501 g/mol. The lowest BCUT2D eigenvalue weighted by atomic mass is 10.0. The maximum absolute atomic E-state index is 12.9. The van der Waals surface area contributed by atoms with Crippen molar-refractivity contribution in [1.82, 2.24) is 15.3 Å². The van der Waals surface area contributed by atoms with Gasteiger partial charge in [-0.2, -0.15) is 5.10 Å². The zero-order valence-electron chi connectivity index (χ0n) is 20.5. The third kappa shape index (κ3) is 6.01. The molecule has 0 saturated carbocycles. The highest BCUT2D eigenvalue weighted by atomic mass is 35.5. The van der Waals surface area contributed by atoms with Crippen LogP contribution in [0.2, 0.25) is 5.02 Å². The zero-order valence-corrected chi connectivity index (χ0v) is 21.3. The van der Waals surface area contributed by atoms with Crippen LogP contribution in [-0.4, -0.2) is 28.6 Å². The molecule has 0 aliphatic rings. The van der Waals surface area contributed by atoms with Crippen LogP contribution < -0.4 is 10.7 Å². The second-order valence-electron chi connectivity index (χ2n) is 9.16. The first kappa shape index (κ1) is 25.2. The van der Waals surface area contributed by atoms with Crippen molar-refractivity contribution >= 4 is 40.5 Å². The fraction of sp³-hybridized carbons (Fsp3) is 0.207. The molecule has 1 atom stereocenters. The number of halogens is 1. The summed E-state index contributed by atoms with van der Waals surface area (Å²) in [5.74, 6) is -0.894. The first-order chi connectivity index (χ1) is 17.3. The van der Waals surface area contributed by atoms with E-state index in [4.69, 9.17) is 11.6 Å². The number of rotatable bonds is 8. The van der Waals surface area contributed by atoms with Crippen LogP contribution in [0, 0.1) is 12.8 Å². The highest BCUT2D eigenvalue weighted by Crippen LogP contribution is 2.21. The maximum atomic E-state index is 12.9. The van der Waals surface area contributed by atoms with Gasteiger partial charge in [0, 0.05) is 39.8 Å². The molecule has 2 amide bonds. The number of hydrogen-bond acceptors (Lipinski definition) is 3. The topological polar surface area (TPSA) is 75.5 Å². The number of aryl methyl sites for hydroxylation is 1. The number of carbonyl (C=O) groups excluding carboxylic acids is 2. The number of hydrazone groups is 1. The monoisotopic (exact) mass is 500 g/mol. The summed E-state index contributed by atoms with van der Waals surface area (Å²) < 4.78 is 2.18. The second kappa shape index (κ2) is 11.2. The average Bonchev–Trinajstić information content (AvgIpc) is 3.19. The standard InChI is InChI=1S/C29H29ClN4O2/c1-19(2)27(32-28(35)22-10-7-11-24(30)15-22)29(36)33-31-16-23-18-34(26-13-5-4-12-25(23)26)17-21-9-6-8-20(3)14-21/h4-16,18-19,27H,17H2,1-3H3,(H,32,35)(H,33,36)/b31-16-. The van der Waals surface area contributed by atoms with Crippen molar-refractivity contribution in [3.63, 3.8) is 0 Å². The fourth-order valence-electron chi connectivity index (χ4n) is 4.14. The van der Waals surface area contributed by atoms with Crippen LogP contribution in [0.15, 0.2) is 84.1 Å². The van der Waals surface area contributed by atoms with E-state index in [0.717, 1.165) is 23.0 Å². The molecular formula is C29H29ClN4O2. The lowest BCUT2D eigenvalue weighted by molar-refractivity contribution is -0.123. The van der Waals surface area contributed by atoms with Crippen LogP contribution in [0.5, 0.6) is 0 Å². The molecule has 1 unspecified atom stereocenters. The summed E-state index contributed by atoms with van der Waals surface area (Å²) in [7, 11) is 0. The highest BCUT2D eigenvalue weighted by molar-refractivity contribution is 6.31. The van der Waals surface area contributed by atoms with Gasteiger partial charge in [0.2, 0.25) is 0 Å². The third-order valence-corrected chi connectivity index (χ3v) is 6.19. The van der Waals surface area contributed by atoms with Crippen LogP contribution in [-0.2, 0) is 11.3 Å². The van der Waals surface area contributed by atoms with Crippen molar-refractivity contribution in [3.8, 4) is 0 Å². The molecule has 6 nitrogen and oxygen atoms in total. The van der Waals surface area contributed by atoms with Crippen molar-refractivity contribution in [1.29, 1.82) is 0 Å². The van der Waals surface area contributed by atoms with Crippen LogP contribution in [0.1, 0.15) is 40.9 Å². The quantitative estimate of drug-likeness (QED) is 0.245. The molecule has 3 aromatic carbocycles. The minimum absolute atomic E-state index is 0.139. The van der Waals surface area contributed by atoms with E-state index < -0.39 is 6.04 Å². The normalized spacial score (nSPS) is 12.2. The van der Waals surface area contributed by atoms with Gasteiger partial charge in [0.25, 0.3) is 11.8 Å². The molecule has 1 heterocycles. The van der Waals surface area contributed by atoms with E-state index in [1.165, 1.54) is 11.1 Å². The molecule has 0 radical (unpaired) electrons. The summed E-state index contributed by atoms with van der Waals surface area (Å²) in [6, 6.07) is 22.4. The van der Waals surface area contributed by atoms with E-state index in [9.17, 15) is 9.59 Å². The van der Waals surface area contributed by atoms with E-state index >= 15 is 0 Å². The zero-order chi connectivity index (χ0) is 25.7. The molecule has 2 N–H and O–H groups in total. The Labute approximate surface area is 216 Å². The second-order valence-corrected chi connectivity index (χ2v) is 9.59. The predicted octanol–water partition coefficient (Wildman–Crippen LogP) is 5.56. The summed E-state index contributed by atoms with van der Waals surface area (Å²) in [6.45, 7) is 6.55. The smallest absolute Gasteiger partial charge is 0.262 e. The van der Waals surface area contributed by atoms with Gasteiger partial charge < -0.3 is 9.88 Å². The van der Waals surface area contributed by atoms with Gasteiger partial charge in [-0.05, 0) is 42.7 Å². The van der Waals surface area contributed by atoms with Gasteiger partial charge in [-0.25, -0.2) is 5.43 Å². The Hall–Kier alpha value is -3.90. The van der Waals surface area contributed by atoms with Gasteiger partial charge in [0.05, 0.1) is 6.21 Å². The summed E-state index contributed by atoms with van der Waals surface area (Å²) in [6.07, 6.45) is 3.67. The van der Waals surface area contributed by atoms with E-state index in [1.54, 1.807) is 30.5 Å². The fourth-order valence-corrected chi connectivity index (χ4v) is 4.33. The Bertz CT molecular complexity index is 1420. The Kier molecular flexibility index (Phi) is 7.86. The Balaban J connectivity index is 1.49. The van der Waals surface area contributed by atoms with Gasteiger partial charge in [-0.15, -0.1) is 0 Å². The first-order valence-corrected chi connectivity index (χ1v) is 12.2. The predicted molar refractivity (Wildman–Crippen MR) is 145 cm³/mol. The number of hydrogen-bond donors (Lipinski definition) is 2. The Morgan fingerprint density at radius 2 is 1.81 bits per heavy atom. The van der Waals surface area contributed by atoms with Gasteiger partial charge in [0.15, 0.2) is 0 Å². The van der Waals surface area contributed by atoms with Crippen LogP contribution in [0.3, 0.4) is 0 Å². The summed E-state index contributed by atoms with van der Waals surface area (Å²) in [4.78, 5) is 25.5. The lowest BCUT2D eigenvalue weighted by Gasteiger charge is -2.20. The molecular weight excluding hydrogens is 472 g/mol. The first-order valence-electron chi connectivity index (χ1n) is 11.8. The van der Waals surface area contributed by atoms with E-state index in [0.29, 0.717) is 10.6 Å². The number of carbonyl (C=O) groups is 2.